The molecule has 0 aliphatic carbocycles. The van der Waals surface area contributed by atoms with Crippen LogP contribution >= 0.6 is 21.8 Å². The predicted octanol–water partition coefficient (Wildman–Crippen LogP) is 5.01. The van der Waals surface area contributed by atoms with E-state index in [4.69, 9.17) is 11.6 Å². The molecule has 0 spiro atoms. The minimum absolute atomic E-state index is 0.0951. The Balaban J connectivity index is 3.39. The highest BCUT2D eigenvalue weighted by molar-refractivity contribution is 8.45. The van der Waals surface area contributed by atoms with Crippen molar-refractivity contribution in [3.63, 3.8) is 0 Å². The van der Waals surface area contributed by atoms with Crippen LogP contribution < -0.4 is 4.74 Å². The van der Waals surface area contributed by atoms with E-state index in [1.807, 2.05) is 0 Å². The second-order valence-electron chi connectivity index (χ2n) is 2.77. The van der Waals surface area contributed by atoms with Crippen LogP contribution in [0, 0.1) is 0 Å². The highest BCUT2D eigenvalue weighted by atomic mass is 35.5. The second kappa shape index (κ2) is 2.70. The van der Waals surface area contributed by atoms with Crippen molar-refractivity contribution in [2.24, 2.45) is 0 Å². The first-order valence-corrected chi connectivity index (χ1v) is 5.84. The molecule has 0 saturated carbocycles. The molecule has 0 heterocycles. The van der Waals surface area contributed by atoms with Gasteiger partial charge >= 0.3 is 10.2 Å². The average Bonchev–Trinajstić information content (AvgIpc) is 2.00. The standard InChI is InChI=1S/C7H6ClF5OS/c1-14-7-3-2-5(4-6(7)8)15(9,10,11,12)13/h2-4H,1H3. The van der Waals surface area contributed by atoms with Crippen molar-refractivity contribution < 1.29 is 24.2 Å². The third-order valence-electron chi connectivity index (χ3n) is 1.57. The van der Waals surface area contributed by atoms with E-state index < -0.39 is 20.1 Å². The first-order chi connectivity index (χ1) is 6.44. The van der Waals surface area contributed by atoms with Crippen molar-refractivity contribution >= 4 is 21.8 Å². The van der Waals surface area contributed by atoms with Crippen LogP contribution in [-0.2, 0) is 0 Å². The number of rotatable bonds is 2. The van der Waals surface area contributed by atoms with Gasteiger partial charge in [-0.3, -0.25) is 0 Å². The van der Waals surface area contributed by atoms with Crippen LogP contribution in [0.15, 0.2) is 23.1 Å². The summed E-state index contributed by atoms with van der Waals surface area (Å²) in [7, 11) is -8.47. The van der Waals surface area contributed by atoms with Crippen molar-refractivity contribution in [1.82, 2.24) is 0 Å². The molecule has 0 N–H and O–H groups in total. The summed E-state index contributed by atoms with van der Waals surface area (Å²) in [5.74, 6) is -0.0951. The minimum Gasteiger partial charge on any atom is -0.495 e. The lowest BCUT2D eigenvalue weighted by Crippen LogP contribution is -2.05. The van der Waals surface area contributed by atoms with Gasteiger partial charge in [0.1, 0.15) is 10.6 Å². The number of ether oxygens (including phenoxy) is 1. The van der Waals surface area contributed by atoms with Crippen LogP contribution in [0.2, 0.25) is 5.02 Å². The van der Waals surface area contributed by atoms with Gasteiger partial charge in [0.05, 0.1) is 12.1 Å². The smallest absolute Gasteiger partial charge is 0.310 e. The number of methoxy groups -OCH3 is 1. The predicted molar refractivity (Wildman–Crippen MR) is 49.4 cm³/mol. The lowest BCUT2D eigenvalue weighted by Gasteiger charge is -2.40. The fourth-order valence-electron chi connectivity index (χ4n) is 0.887. The maximum absolute atomic E-state index is 12.3. The zero-order valence-corrected chi connectivity index (χ0v) is 8.89. The molecule has 0 unspecified atom stereocenters. The van der Waals surface area contributed by atoms with Gasteiger partial charge in [-0.1, -0.05) is 31.0 Å². The van der Waals surface area contributed by atoms with E-state index in [2.05, 4.69) is 4.74 Å². The first-order valence-electron chi connectivity index (χ1n) is 3.52. The number of halogens is 6. The summed E-state index contributed by atoms with van der Waals surface area (Å²) in [6, 6.07) is 1.14. The number of hydrogen-bond acceptors (Lipinski definition) is 1. The van der Waals surface area contributed by atoms with Gasteiger partial charge in [0.25, 0.3) is 0 Å². The van der Waals surface area contributed by atoms with Crippen LogP contribution in [0.25, 0.3) is 0 Å². The van der Waals surface area contributed by atoms with Crippen LogP contribution in [0.5, 0.6) is 5.75 Å². The Kier molecular flexibility index (Phi) is 2.23. The summed E-state index contributed by atoms with van der Waals surface area (Å²) in [6.07, 6.45) is 0. The van der Waals surface area contributed by atoms with Crippen LogP contribution in [0.1, 0.15) is 0 Å². The van der Waals surface area contributed by atoms with E-state index in [0.29, 0.717) is 0 Å². The molecule has 1 aromatic carbocycles. The summed E-state index contributed by atoms with van der Waals surface area (Å²) in [6.45, 7) is 0. The lowest BCUT2D eigenvalue weighted by molar-refractivity contribution is 0.363. The van der Waals surface area contributed by atoms with Crippen molar-refractivity contribution in [3.8, 4) is 5.75 Å². The van der Waals surface area contributed by atoms with E-state index >= 15 is 0 Å². The lowest BCUT2D eigenvalue weighted by atomic mass is 10.3. The first kappa shape index (κ1) is 12.4. The Bertz CT molecular complexity index is 401. The molecular formula is C7H6ClF5OS. The van der Waals surface area contributed by atoms with E-state index in [1.165, 1.54) is 7.11 Å². The molecule has 0 saturated heterocycles. The zero-order chi connectivity index (χ0) is 12.0. The molecule has 0 fully saturated rings. The summed E-state index contributed by atoms with van der Waals surface area (Å²) in [4.78, 5) is -2.03. The molecule has 1 nitrogen and oxygen atoms in total. The Morgan fingerprint density at radius 2 is 1.67 bits per heavy atom. The molecule has 88 valence electrons. The van der Waals surface area contributed by atoms with Gasteiger partial charge in [-0.2, -0.15) is 0 Å². The van der Waals surface area contributed by atoms with Crippen LogP contribution in [0.4, 0.5) is 19.4 Å². The molecule has 0 amide bonds. The number of benzene rings is 1. The van der Waals surface area contributed by atoms with Gasteiger partial charge in [-0.05, 0) is 18.2 Å². The van der Waals surface area contributed by atoms with Gasteiger partial charge in [0.2, 0.25) is 0 Å². The van der Waals surface area contributed by atoms with Gasteiger partial charge in [-0.25, -0.2) is 0 Å². The monoisotopic (exact) mass is 268 g/mol. The molecule has 0 aliphatic heterocycles. The van der Waals surface area contributed by atoms with Gasteiger partial charge in [0, 0.05) is 0 Å². The summed E-state index contributed by atoms with van der Waals surface area (Å²) in [5, 5.41) is -0.511. The molecule has 1 aromatic rings. The molecule has 0 aromatic heterocycles. The van der Waals surface area contributed by atoms with E-state index in [1.54, 1.807) is 0 Å². The molecule has 8 heteroatoms. The van der Waals surface area contributed by atoms with Crippen LogP contribution in [0.3, 0.4) is 0 Å². The highest BCUT2D eigenvalue weighted by Gasteiger charge is 2.65. The molecule has 1 rings (SSSR count). The summed E-state index contributed by atoms with van der Waals surface area (Å²) in [5.41, 5.74) is 0. The SMILES string of the molecule is COc1ccc(S(F)(F)(F)(F)F)cc1Cl. The Labute approximate surface area is 87.5 Å². The third-order valence-corrected chi connectivity index (χ3v) is 3.01. The van der Waals surface area contributed by atoms with E-state index in [0.717, 1.165) is 6.07 Å². The van der Waals surface area contributed by atoms with Gasteiger partial charge in [-0.15, -0.1) is 0 Å². The Hall–Kier alpha value is -0.690. The molecule has 15 heavy (non-hydrogen) atoms. The topological polar surface area (TPSA) is 9.23 Å². The maximum Gasteiger partial charge on any atom is 0.310 e. The maximum atomic E-state index is 12.3. The fraction of sp³-hybridized carbons (Fsp3) is 0.143. The minimum atomic E-state index is -9.64. The van der Waals surface area contributed by atoms with Crippen molar-refractivity contribution in [2.45, 2.75) is 4.90 Å². The Morgan fingerprint density at radius 1 is 1.13 bits per heavy atom. The molecule has 0 aliphatic rings. The van der Waals surface area contributed by atoms with Crippen molar-refractivity contribution in [3.05, 3.63) is 23.2 Å². The van der Waals surface area contributed by atoms with E-state index in [9.17, 15) is 19.4 Å². The quantitative estimate of drug-likeness (QED) is 0.685. The fourth-order valence-corrected chi connectivity index (χ4v) is 1.88. The molecular weight excluding hydrogens is 263 g/mol. The van der Waals surface area contributed by atoms with Crippen LogP contribution in [-0.4, -0.2) is 7.11 Å². The third kappa shape index (κ3) is 2.88. The zero-order valence-electron chi connectivity index (χ0n) is 7.32. The van der Waals surface area contributed by atoms with Gasteiger partial charge in [0.15, 0.2) is 0 Å². The molecule has 0 bridgehead atoms. The number of hydrogen-bond donors (Lipinski definition) is 0. The van der Waals surface area contributed by atoms with Crippen molar-refractivity contribution in [1.29, 1.82) is 0 Å². The largest absolute Gasteiger partial charge is 0.495 e. The average molecular weight is 269 g/mol. The van der Waals surface area contributed by atoms with Gasteiger partial charge < -0.3 is 4.74 Å². The highest BCUT2D eigenvalue weighted by Crippen LogP contribution is 3.02. The van der Waals surface area contributed by atoms with Crippen molar-refractivity contribution in [2.75, 3.05) is 7.11 Å². The second-order valence-corrected chi connectivity index (χ2v) is 5.58. The summed E-state index contributed by atoms with van der Waals surface area (Å²) >= 11 is 5.32. The summed E-state index contributed by atoms with van der Waals surface area (Å²) < 4.78 is 65.9. The van der Waals surface area contributed by atoms with E-state index in [-0.39, 0.29) is 17.9 Å². The normalized spacial score (nSPS) is 16.7. The Morgan fingerprint density at radius 3 is 2.00 bits per heavy atom. The molecule has 0 radical (unpaired) electrons. The molecule has 0 atom stereocenters.